The van der Waals surface area contributed by atoms with E-state index in [0.717, 1.165) is 120 Å². The Morgan fingerprint density at radius 3 is 2.56 bits per heavy atom. The minimum Gasteiger partial charge on any atom is -0.381 e. The summed E-state index contributed by atoms with van der Waals surface area (Å²) in [6.07, 6.45) is 9.58. The SMILES string of the molecule is CC1(C)CCC(CN2CCN(c3ccc(C(=O)NS(=O)(=O)c4ccc(NC[C@@H]5CCN(C6CCOCC6)C5)c([N+](=O)[O-])c4)c(-n4ncc5nc6[nH]ccc6cc54)c3)CC2)=C(c2ccc(Cl)cc2)C1. The molecule has 1 aliphatic carbocycles. The maximum Gasteiger partial charge on any atom is 0.293 e. The molecule has 68 heavy (non-hydrogen) atoms. The number of rotatable bonds is 13. The summed E-state index contributed by atoms with van der Waals surface area (Å²) < 4.78 is 37.3. The number of aromatic nitrogens is 4. The number of hydrogen-bond acceptors (Lipinski definition) is 12. The van der Waals surface area contributed by atoms with Crippen LogP contribution in [0.1, 0.15) is 68.3 Å². The van der Waals surface area contributed by atoms with Gasteiger partial charge in [-0.15, -0.1) is 0 Å². The molecule has 6 heterocycles. The third-order valence-corrected chi connectivity index (χ3v) is 15.9. The Balaban J connectivity index is 0.879. The van der Waals surface area contributed by atoms with Gasteiger partial charge in [0, 0.05) is 93.4 Å². The Morgan fingerprint density at radius 1 is 0.985 bits per heavy atom. The molecular weight excluding hydrogens is 904 g/mol. The molecule has 0 radical (unpaired) electrons. The van der Waals surface area contributed by atoms with E-state index in [1.165, 1.54) is 28.8 Å². The van der Waals surface area contributed by atoms with Gasteiger partial charge in [0.05, 0.1) is 32.8 Å². The largest absolute Gasteiger partial charge is 0.381 e. The summed E-state index contributed by atoms with van der Waals surface area (Å²) in [5.41, 5.74) is 7.34. The minimum absolute atomic E-state index is 0.0520. The first-order chi connectivity index (χ1) is 32.8. The lowest BCUT2D eigenvalue weighted by molar-refractivity contribution is -0.384. The molecule has 0 spiro atoms. The molecule has 6 aromatic rings. The fourth-order valence-electron chi connectivity index (χ4n) is 10.5. The number of piperazine rings is 1. The monoisotopic (exact) mass is 960 g/mol. The van der Waals surface area contributed by atoms with Crippen LogP contribution in [0.4, 0.5) is 17.1 Å². The molecule has 0 unspecified atom stereocenters. The standard InChI is InChI=1S/C50H57ClN10O6S/c1-50(2)16-11-36(42(28-50)34-3-5-37(51)6-4-34)32-57-19-21-58(22-20-57)39-7-9-41(45(26-39)60-46-25-35-12-17-52-48(35)55-44(46)30-54-60)49(62)56-68(65,66)40-8-10-43(47(27-40)61(63)64)53-29-33-13-18-59(31-33)38-14-23-67-24-15-38/h3-10,12,17,25-27,30,33,38,53H,11,13-16,18-24,28-29,31-32H2,1-2H3,(H,52,55)(H,56,62)/t33-/m0/s1. The average Bonchev–Trinajstić information content (AvgIpc) is 4.11. The number of pyridine rings is 1. The van der Waals surface area contributed by atoms with Crippen LogP contribution in [0, 0.1) is 21.4 Å². The van der Waals surface area contributed by atoms with Crippen LogP contribution in [0.3, 0.4) is 0 Å². The lowest BCUT2D eigenvalue weighted by atomic mass is 9.72. The number of hydrogen-bond donors (Lipinski definition) is 3. The van der Waals surface area contributed by atoms with Gasteiger partial charge in [0.25, 0.3) is 21.6 Å². The second-order valence-corrected chi connectivity index (χ2v) is 21.6. The number of aromatic amines is 1. The van der Waals surface area contributed by atoms with Crippen LogP contribution in [-0.4, -0.2) is 120 Å². The van der Waals surface area contributed by atoms with Crippen molar-refractivity contribution < 1.29 is 22.9 Å². The lowest BCUT2D eigenvalue weighted by Crippen LogP contribution is -2.47. The zero-order valence-electron chi connectivity index (χ0n) is 38.4. The van der Waals surface area contributed by atoms with Crippen molar-refractivity contribution in [2.45, 2.75) is 63.3 Å². The zero-order chi connectivity index (χ0) is 47.2. The zero-order valence-corrected chi connectivity index (χ0v) is 40.0. The van der Waals surface area contributed by atoms with E-state index in [1.807, 2.05) is 36.4 Å². The molecule has 1 amide bonds. The van der Waals surface area contributed by atoms with Gasteiger partial charge >= 0.3 is 0 Å². The Kier molecular flexibility index (Phi) is 12.8. The number of fused-ring (bicyclic) bond motifs is 2. The third-order valence-electron chi connectivity index (χ3n) is 14.4. The Morgan fingerprint density at radius 2 is 1.78 bits per heavy atom. The highest BCUT2D eigenvalue weighted by molar-refractivity contribution is 7.90. The lowest BCUT2D eigenvalue weighted by Gasteiger charge is -2.39. The van der Waals surface area contributed by atoms with Gasteiger partial charge in [0.1, 0.15) is 16.9 Å². The number of H-pyrrole nitrogens is 1. The smallest absolute Gasteiger partial charge is 0.293 e. The Bertz CT molecular complexity index is 3010. The molecular formula is C50H57ClN10O6S. The van der Waals surface area contributed by atoms with Crippen LogP contribution in [0.2, 0.25) is 5.02 Å². The quantitative estimate of drug-likeness (QED) is 0.0745. The van der Waals surface area contributed by atoms with Crippen molar-refractivity contribution in [1.29, 1.82) is 0 Å². The van der Waals surface area contributed by atoms with E-state index < -0.39 is 31.4 Å². The van der Waals surface area contributed by atoms with Crippen molar-refractivity contribution in [1.82, 2.24) is 34.3 Å². The summed E-state index contributed by atoms with van der Waals surface area (Å²) in [5, 5.41) is 21.8. The van der Waals surface area contributed by atoms with Gasteiger partial charge in [-0.05, 0) is 122 Å². The van der Waals surface area contributed by atoms with Gasteiger partial charge in [-0.25, -0.2) is 22.8 Å². The Labute approximate surface area is 400 Å². The van der Waals surface area contributed by atoms with E-state index in [4.69, 9.17) is 21.3 Å². The molecule has 3 saturated heterocycles. The molecule has 18 heteroatoms. The van der Waals surface area contributed by atoms with E-state index in [-0.39, 0.29) is 22.6 Å². The number of allylic oxidation sites excluding steroid dienone is 1. The number of carbonyl (C=O) groups is 1. The van der Waals surface area contributed by atoms with Gasteiger partial charge in [0.2, 0.25) is 0 Å². The van der Waals surface area contributed by atoms with E-state index in [9.17, 15) is 23.3 Å². The van der Waals surface area contributed by atoms with Crippen molar-refractivity contribution >= 4 is 72.2 Å². The number of ether oxygens (including phenoxy) is 1. The molecule has 16 nitrogen and oxygen atoms in total. The highest BCUT2D eigenvalue weighted by atomic mass is 35.5. The van der Waals surface area contributed by atoms with Crippen LogP contribution >= 0.6 is 11.6 Å². The van der Waals surface area contributed by atoms with Crippen LogP contribution in [0.15, 0.2) is 95.7 Å². The van der Waals surface area contributed by atoms with Gasteiger partial charge in [0.15, 0.2) is 0 Å². The first-order valence-corrected chi connectivity index (χ1v) is 25.4. The summed E-state index contributed by atoms with van der Waals surface area (Å²) in [6.45, 7) is 12.6. The molecule has 3 N–H and O–H groups in total. The molecule has 3 aliphatic heterocycles. The van der Waals surface area contributed by atoms with Crippen molar-refractivity contribution in [2.75, 3.05) is 75.8 Å². The van der Waals surface area contributed by atoms with Gasteiger partial charge in [-0.1, -0.05) is 43.2 Å². The molecule has 3 fully saturated rings. The van der Waals surface area contributed by atoms with Gasteiger partial charge < -0.3 is 19.9 Å². The van der Waals surface area contributed by atoms with E-state index in [1.54, 1.807) is 23.1 Å². The molecule has 1 atom stereocenters. The number of sulfonamides is 1. The van der Waals surface area contributed by atoms with Gasteiger partial charge in [-0.2, -0.15) is 5.10 Å². The second kappa shape index (κ2) is 18.9. The first-order valence-electron chi connectivity index (χ1n) is 23.6. The number of anilines is 2. The Hall–Kier alpha value is -5.85. The van der Waals surface area contributed by atoms with Crippen molar-refractivity contribution in [3.8, 4) is 5.69 Å². The third kappa shape index (κ3) is 9.72. The van der Waals surface area contributed by atoms with Crippen molar-refractivity contribution in [3.63, 3.8) is 0 Å². The van der Waals surface area contributed by atoms with E-state index >= 15 is 0 Å². The topological polar surface area (TPSA) is 184 Å². The molecule has 3 aromatic carbocycles. The highest BCUT2D eigenvalue weighted by Crippen LogP contribution is 2.43. The number of benzene rings is 3. The summed E-state index contributed by atoms with van der Waals surface area (Å²) in [4.78, 5) is 40.7. The number of amides is 1. The molecule has 10 rings (SSSR count). The number of nitro benzene ring substituents is 1. The normalized spacial score (nSPS) is 19.8. The fraction of sp³-hybridized carbons (Fsp3) is 0.420. The number of nitrogens with one attached hydrogen (secondary N) is 3. The maximum atomic E-state index is 14.3. The van der Waals surface area contributed by atoms with Crippen LogP contribution in [0.5, 0.6) is 0 Å². The van der Waals surface area contributed by atoms with Crippen LogP contribution < -0.4 is 14.9 Å². The van der Waals surface area contributed by atoms with Crippen LogP contribution in [0.25, 0.3) is 33.3 Å². The minimum atomic E-state index is -4.58. The highest BCUT2D eigenvalue weighted by Gasteiger charge is 2.32. The second-order valence-electron chi connectivity index (χ2n) is 19.5. The number of halogens is 1. The maximum absolute atomic E-state index is 14.3. The summed E-state index contributed by atoms with van der Waals surface area (Å²) in [5.74, 6) is -0.620. The predicted molar refractivity (Wildman–Crippen MR) is 265 cm³/mol. The van der Waals surface area contributed by atoms with Crippen LogP contribution in [-0.2, 0) is 14.8 Å². The van der Waals surface area contributed by atoms with Gasteiger partial charge in [-0.3, -0.25) is 24.7 Å². The molecule has 3 aromatic heterocycles. The summed E-state index contributed by atoms with van der Waals surface area (Å²) in [7, 11) is -4.58. The molecule has 0 saturated carbocycles. The van der Waals surface area contributed by atoms with Crippen molar-refractivity contribution in [3.05, 3.63) is 117 Å². The fourth-order valence-corrected chi connectivity index (χ4v) is 11.6. The molecule has 4 aliphatic rings. The van der Waals surface area contributed by atoms with E-state index in [0.29, 0.717) is 35.0 Å². The van der Waals surface area contributed by atoms with E-state index in [2.05, 4.69) is 60.8 Å². The summed E-state index contributed by atoms with van der Waals surface area (Å²) in [6, 6.07) is 21.5. The average molecular weight is 962 g/mol. The predicted octanol–water partition coefficient (Wildman–Crippen LogP) is 8.28. The number of carbonyl (C=O) groups excluding carboxylic acids is 1. The summed E-state index contributed by atoms with van der Waals surface area (Å²) >= 11 is 6.27. The number of nitro groups is 1. The molecule has 356 valence electrons. The number of likely N-dealkylation sites (tertiary alicyclic amines) is 1. The first kappa shape index (κ1) is 45.9. The molecule has 0 bridgehead atoms. The van der Waals surface area contributed by atoms with Crippen molar-refractivity contribution in [2.24, 2.45) is 11.3 Å². The number of nitrogens with zero attached hydrogens (tertiary/aromatic N) is 7.